The first-order valence-corrected chi connectivity index (χ1v) is 3.66. The molecule has 0 saturated carbocycles. The molecule has 0 aromatic rings. The van der Waals surface area contributed by atoms with Crippen molar-refractivity contribution in [2.45, 2.75) is 0 Å². The van der Waals surface area contributed by atoms with Gasteiger partial charge in [0.2, 0.25) is 0 Å². The molecule has 0 radical (unpaired) electrons. The van der Waals surface area contributed by atoms with E-state index >= 15 is 0 Å². The Kier molecular flexibility index (Phi) is 1.78. The van der Waals surface area contributed by atoms with Crippen molar-refractivity contribution >= 4 is 22.6 Å². The summed E-state index contributed by atoms with van der Waals surface area (Å²) in [4.78, 5) is 2.18. The maximum Gasteiger partial charge on any atom is 0.0874 e. The Bertz CT molecular complexity index is 81.8. The number of nitrogens with zero attached hydrogens (tertiary/aromatic N) is 1. The average molecular weight is 210 g/mol. The van der Waals surface area contributed by atoms with Crippen molar-refractivity contribution in [3.63, 3.8) is 0 Å². The molecule has 1 aliphatic rings. The lowest BCUT2D eigenvalue weighted by Gasteiger charge is -2.07. The molecule has 0 bridgehead atoms. The average Bonchev–Trinajstić information content (AvgIpc) is 2.14. The number of nitrogens with one attached hydrogen (secondary N) is 1. The molecule has 0 aromatic carbocycles. The van der Waals surface area contributed by atoms with E-state index in [2.05, 4.69) is 32.8 Å². The minimum Gasteiger partial charge on any atom is -0.373 e. The maximum absolute atomic E-state index is 3.06. The summed E-state index contributed by atoms with van der Waals surface area (Å²) >= 11 is 2.32. The fourth-order valence-corrected chi connectivity index (χ4v) is 0.932. The van der Waals surface area contributed by atoms with Crippen LogP contribution in [0.1, 0.15) is 0 Å². The summed E-state index contributed by atoms with van der Waals surface area (Å²) in [7, 11) is 0. The third-order valence-electron chi connectivity index (χ3n) is 0.851. The van der Waals surface area contributed by atoms with Gasteiger partial charge in [-0.15, -0.1) is 0 Å². The van der Waals surface area contributed by atoms with Gasteiger partial charge in [0, 0.05) is 12.4 Å². The van der Waals surface area contributed by atoms with Crippen LogP contribution < -0.4 is 5.32 Å². The normalized spacial score (nSPS) is 17.6. The number of alkyl halides is 1. The Hall–Kier alpha value is 0.0700. The van der Waals surface area contributed by atoms with E-state index in [1.165, 1.54) is 0 Å². The van der Waals surface area contributed by atoms with Gasteiger partial charge < -0.3 is 10.2 Å². The number of halogens is 1. The Balaban J connectivity index is 2.28. The Morgan fingerprint density at radius 2 is 2.71 bits per heavy atom. The monoisotopic (exact) mass is 210 g/mol. The van der Waals surface area contributed by atoms with Crippen LogP contribution in [0.3, 0.4) is 0 Å². The Labute approximate surface area is 56.7 Å². The highest BCUT2D eigenvalue weighted by Crippen LogP contribution is 1.96. The van der Waals surface area contributed by atoms with Gasteiger partial charge in [-0.3, -0.25) is 0 Å². The van der Waals surface area contributed by atoms with E-state index < -0.39 is 0 Å². The van der Waals surface area contributed by atoms with Crippen molar-refractivity contribution < 1.29 is 0 Å². The van der Waals surface area contributed by atoms with E-state index in [1.54, 1.807) is 0 Å². The molecule has 0 atom stereocenters. The van der Waals surface area contributed by atoms with E-state index in [0.717, 1.165) is 11.2 Å². The standard InChI is InChI=1S/C4H7IN2/c5-3-7-2-1-6-4-7/h1-2,6H,3-4H2. The molecule has 1 N–H and O–H groups in total. The van der Waals surface area contributed by atoms with E-state index in [0.29, 0.717) is 0 Å². The third-order valence-corrected chi connectivity index (χ3v) is 1.73. The predicted molar refractivity (Wildman–Crippen MR) is 37.9 cm³/mol. The zero-order chi connectivity index (χ0) is 5.11. The van der Waals surface area contributed by atoms with Crippen LogP contribution in [-0.4, -0.2) is 16.1 Å². The smallest absolute Gasteiger partial charge is 0.0874 e. The third kappa shape index (κ3) is 1.22. The van der Waals surface area contributed by atoms with Crippen LogP contribution in [0.25, 0.3) is 0 Å². The minimum absolute atomic E-state index is 0.975. The molecule has 0 spiro atoms. The lowest BCUT2D eigenvalue weighted by molar-refractivity contribution is 0.466. The Morgan fingerprint density at radius 3 is 3.00 bits per heavy atom. The van der Waals surface area contributed by atoms with Gasteiger partial charge in [0.05, 0.1) is 11.2 Å². The van der Waals surface area contributed by atoms with Gasteiger partial charge in [0.15, 0.2) is 0 Å². The van der Waals surface area contributed by atoms with Gasteiger partial charge in [0.25, 0.3) is 0 Å². The van der Waals surface area contributed by atoms with Crippen molar-refractivity contribution in [3.8, 4) is 0 Å². The largest absolute Gasteiger partial charge is 0.373 e. The highest BCUT2D eigenvalue weighted by molar-refractivity contribution is 14.1. The maximum atomic E-state index is 3.06. The Morgan fingerprint density at radius 1 is 1.86 bits per heavy atom. The number of hydrogen-bond donors (Lipinski definition) is 1. The summed E-state index contributed by atoms with van der Waals surface area (Å²) in [5.74, 6) is 0. The molecule has 40 valence electrons. The molecule has 3 heteroatoms. The molecule has 1 aliphatic heterocycles. The van der Waals surface area contributed by atoms with Gasteiger partial charge in [0.1, 0.15) is 0 Å². The van der Waals surface area contributed by atoms with Gasteiger partial charge >= 0.3 is 0 Å². The zero-order valence-electron chi connectivity index (χ0n) is 3.89. The summed E-state index contributed by atoms with van der Waals surface area (Å²) in [5, 5.41) is 3.06. The molecule has 2 nitrogen and oxygen atoms in total. The topological polar surface area (TPSA) is 15.3 Å². The molecular weight excluding hydrogens is 203 g/mol. The minimum atomic E-state index is 0.975. The zero-order valence-corrected chi connectivity index (χ0v) is 6.05. The molecule has 1 rings (SSSR count). The van der Waals surface area contributed by atoms with Crippen molar-refractivity contribution in [2.24, 2.45) is 0 Å². The van der Waals surface area contributed by atoms with Gasteiger partial charge in [-0.25, -0.2) is 0 Å². The van der Waals surface area contributed by atoms with Crippen LogP contribution in [0.2, 0.25) is 0 Å². The lowest BCUT2D eigenvalue weighted by Crippen LogP contribution is -2.18. The summed E-state index contributed by atoms with van der Waals surface area (Å²) in [6, 6.07) is 0. The highest BCUT2D eigenvalue weighted by atomic mass is 127. The first-order valence-electron chi connectivity index (χ1n) is 2.13. The quantitative estimate of drug-likeness (QED) is 0.389. The van der Waals surface area contributed by atoms with Crippen LogP contribution in [0.15, 0.2) is 12.4 Å². The van der Waals surface area contributed by atoms with Crippen molar-refractivity contribution in [2.75, 3.05) is 11.2 Å². The second-order valence-corrected chi connectivity index (χ2v) is 2.07. The van der Waals surface area contributed by atoms with Crippen LogP contribution in [0.4, 0.5) is 0 Å². The summed E-state index contributed by atoms with van der Waals surface area (Å²) in [6.45, 7) is 0.975. The van der Waals surface area contributed by atoms with Crippen LogP contribution in [0.5, 0.6) is 0 Å². The molecule has 0 amide bonds. The van der Waals surface area contributed by atoms with Crippen LogP contribution in [0, 0.1) is 0 Å². The van der Waals surface area contributed by atoms with Crippen molar-refractivity contribution in [1.29, 1.82) is 0 Å². The second-order valence-electron chi connectivity index (χ2n) is 1.39. The molecule has 0 aliphatic carbocycles. The van der Waals surface area contributed by atoms with Crippen LogP contribution in [-0.2, 0) is 0 Å². The molecule has 0 unspecified atom stereocenters. The molecule has 0 aromatic heterocycles. The lowest BCUT2D eigenvalue weighted by atomic mass is 10.9. The van der Waals surface area contributed by atoms with E-state index in [-0.39, 0.29) is 0 Å². The molecule has 0 fully saturated rings. The molecule has 7 heavy (non-hydrogen) atoms. The fourth-order valence-electron chi connectivity index (χ4n) is 0.463. The number of rotatable bonds is 1. The molecule has 1 heterocycles. The van der Waals surface area contributed by atoms with Gasteiger partial charge in [-0.1, -0.05) is 22.6 Å². The summed E-state index contributed by atoms with van der Waals surface area (Å²) in [6.07, 6.45) is 4.01. The first-order chi connectivity index (χ1) is 3.43. The van der Waals surface area contributed by atoms with Gasteiger partial charge in [-0.2, -0.15) is 0 Å². The summed E-state index contributed by atoms with van der Waals surface area (Å²) in [5.41, 5.74) is 0. The van der Waals surface area contributed by atoms with Crippen LogP contribution >= 0.6 is 22.6 Å². The number of hydrogen-bond acceptors (Lipinski definition) is 2. The summed E-state index contributed by atoms with van der Waals surface area (Å²) < 4.78 is 1.07. The van der Waals surface area contributed by atoms with E-state index in [9.17, 15) is 0 Å². The SMILES string of the molecule is ICN1C=CNC1. The van der Waals surface area contributed by atoms with Gasteiger partial charge in [-0.05, 0) is 0 Å². The van der Waals surface area contributed by atoms with E-state index in [1.807, 2.05) is 12.4 Å². The van der Waals surface area contributed by atoms with Crippen molar-refractivity contribution in [3.05, 3.63) is 12.4 Å². The highest BCUT2D eigenvalue weighted by Gasteiger charge is 1.96. The fraction of sp³-hybridized carbons (Fsp3) is 0.500. The predicted octanol–water partition coefficient (Wildman–Crippen LogP) is 0.713. The molecular formula is C4H7IN2. The first kappa shape index (κ1) is 5.21. The van der Waals surface area contributed by atoms with E-state index in [4.69, 9.17) is 0 Å². The molecule has 0 saturated heterocycles. The van der Waals surface area contributed by atoms with Crippen molar-refractivity contribution in [1.82, 2.24) is 10.2 Å². The second kappa shape index (κ2) is 2.40.